The van der Waals surface area contributed by atoms with E-state index in [-0.39, 0.29) is 23.3 Å². The molecule has 0 heterocycles. The van der Waals surface area contributed by atoms with Crippen molar-refractivity contribution in [3.05, 3.63) is 12.7 Å². The van der Waals surface area contributed by atoms with Crippen LogP contribution in [0.5, 0.6) is 0 Å². The second kappa shape index (κ2) is 10.5. The lowest BCUT2D eigenvalue weighted by Gasteiger charge is -2.33. The molecule has 0 spiro atoms. The van der Waals surface area contributed by atoms with Gasteiger partial charge in [-0.15, -0.1) is 6.58 Å². The molecular weight excluding hydrogens is 304 g/mol. The summed E-state index contributed by atoms with van der Waals surface area (Å²) in [5.74, 6) is -0.00899. The summed E-state index contributed by atoms with van der Waals surface area (Å²) in [5, 5.41) is 5.91. The van der Waals surface area contributed by atoms with Crippen molar-refractivity contribution in [1.82, 2.24) is 10.6 Å². The van der Waals surface area contributed by atoms with Gasteiger partial charge in [-0.2, -0.15) is 0 Å². The number of allylic oxidation sites excluding steroid dienone is 1. The van der Waals surface area contributed by atoms with Crippen molar-refractivity contribution in [3.63, 3.8) is 0 Å². The minimum absolute atomic E-state index is 0.00467. The highest BCUT2D eigenvalue weighted by molar-refractivity contribution is 5.81. The molecule has 5 heteroatoms. The minimum Gasteiger partial charge on any atom is -0.372 e. The molecule has 0 aliphatic heterocycles. The normalized spacial score (nSPS) is 19.1. The SMILES string of the molecule is C=CC1(CC(=O)NCC[C@H](C)NC(=O)C(CC)OC)CCCCC1. The van der Waals surface area contributed by atoms with Crippen molar-refractivity contribution in [2.45, 2.75) is 77.4 Å². The number of hydrogen-bond acceptors (Lipinski definition) is 3. The molecule has 2 amide bonds. The summed E-state index contributed by atoms with van der Waals surface area (Å²) >= 11 is 0. The molecule has 1 saturated carbocycles. The summed E-state index contributed by atoms with van der Waals surface area (Å²) < 4.78 is 5.12. The highest BCUT2D eigenvalue weighted by Gasteiger charge is 2.31. The Morgan fingerprint density at radius 2 is 1.96 bits per heavy atom. The summed E-state index contributed by atoms with van der Waals surface area (Å²) in [5.41, 5.74) is -0.0189. The predicted molar refractivity (Wildman–Crippen MR) is 96.7 cm³/mol. The third-order valence-corrected chi connectivity index (χ3v) is 5.03. The molecule has 1 aliphatic carbocycles. The molecule has 24 heavy (non-hydrogen) atoms. The fourth-order valence-corrected chi connectivity index (χ4v) is 3.39. The van der Waals surface area contributed by atoms with Crippen LogP contribution in [0, 0.1) is 5.41 Å². The first-order valence-electron chi connectivity index (χ1n) is 9.20. The number of carbonyl (C=O) groups excluding carboxylic acids is 2. The monoisotopic (exact) mass is 338 g/mol. The Morgan fingerprint density at radius 1 is 1.29 bits per heavy atom. The second-order valence-electron chi connectivity index (χ2n) is 6.98. The molecule has 1 fully saturated rings. The molecular formula is C19H34N2O3. The molecule has 0 aromatic carbocycles. The number of carbonyl (C=O) groups is 2. The maximum absolute atomic E-state index is 12.2. The fraction of sp³-hybridized carbons (Fsp3) is 0.789. The van der Waals surface area contributed by atoms with Crippen molar-refractivity contribution in [2.24, 2.45) is 5.41 Å². The number of amides is 2. The number of rotatable bonds is 10. The molecule has 0 bridgehead atoms. The van der Waals surface area contributed by atoms with Gasteiger partial charge in [-0.25, -0.2) is 0 Å². The molecule has 138 valence electrons. The van der Waals surface area contributed by atoms with Gasteiger partial charge in [0.05, 0.1) is 0 Å². The molecule has 1 rings (SSSR count). The molecule has 2 atom stereocenters. The largest absolute Gasteiger partial charge is 0.372 e. The Kier molecular flexibility index (Phi) is 9.04. The van der Waals surface area contributed by atoms with Gasteiger partial charge in [0, 0.05) is 26.1 Å². The van der Waals surface area contributed by atoms with E-state index >= 15 is 0 Å². The van der Waals surface area contributed by atoms with Crippen LogP contribution in [0.15, 0.2) is 12.7 Å². The maximum Gasteiger partial charge on any atom is 0.249 e. The molecule has 5 nitrogen and oxygen atoms in total. The van der Waals surface area contributed by atoms with E-state index in [2.05, 4.69) is 17.2 Å². The second-order valence-corrected chi connectivity index (χ2v) is 6.98. The molecule has 0 aromatic rings. The molecule has 1 aliphatic rings. The van der Waals surface area contributed by atoms with Gasteiger partial charge in [-0.1, -0.05) is 32.3 Å². The van der Waals surface area contributed by atoms with Gasteiger partial charge in [0.15, 0.2) is 0 Å². The van der Waals surface area contributed by atoms with Crippen LogP contribution < -0.4 is 10.6 Å². The Bertz CT molecular complexity index is 413. The zero-order chi connectivity index (χ0) is 18.0. The highest BCUT2D eigenvalue weighted by atomic mass is 16.5. The molecule has 0 saturated heterocycles. The average Bonchev–Trinajstić information content (AvgIpc) is 2.56. The Balaban J connectivity index is 2.29. The van der Waals surface area contributed by atoms with Crippen molar-refractivity contribution >= 4 is 11.8 Å². The smallest absolute Gasteiger partial charge is 0.249 e. The van der Waals surface area contributed by atoms with E-state index in [1.54, 1.807) is 7.11 Å². The number of nitrogens with one attached hydrogen (secondary N) is 2. The zero-order valence-electron chi connectivity index (χ0n) is 15.5. The Morgan fingerprint density at radius 3 is 2.50 bits per heavy atom. The van der Waals surface area contributed by atoms with Gasteiger partial charge in [-0.05, 0) is 38.0 Å². The van der Waals surface area contributed by atoms with Crippen molar-refractivity contribution in [2.75, 3.05) is 13.7 Å². The quantitative estimate of drug-likeness (QED) is 0.602. The number of methoxy groups -OCH3 is 1. The molecule has 1 unspecified atom stereocenters. The van der Waals surface area contributed by atoms with Gasteiger partial charge >= 0.3 is 0 Å². The van der Waals surface area contributed by atoms with Crippen molar-refractivity contribution in [1.29, 1.82) is 0 Å². The van der Waals surface area contributed by atoms with Gasteiger partial charge in [0.1, 0.15) is 6.10 Å². The zero-order valence-corrected chi connectivity index (χ0v) is 15.5. The first-order chi connectivity index (χ1) is 11.5. The topological polar surface area (TPSA) is 67.4 Å². The minimum atomic E-state index is -0.402. The van der Waals surface area contributed by atoms with Crippen molar-refractivity contribution < 1.29 is 14.3 Å². The van der Waals surface area contributed by atoms with E-state index in [1.807, 2.05) is 19.9 Å². The van der Waals surface area contributed by atoms with Crippen LogP contribution in [0.2, 0.25) is 0 Å². The van der Waals surface area contributed by atoms with Crippen LogP contribution in [0.1, 0.15) is 65.2 Å². The lowest BCUT2D eigenvalue weighted by atomic mass is 9.72. The molecule has 0 radical (unpaired) electrons. The van der Waals surface area contributed by atoms with Crippen LogP contribution in [-0.2, 0) is 14.3 Å². The van der Waals surface area contributed by atoms with Gasteiger partial charge in [0.2, 0.25) is 11.8 Å². The average molecular weight is 338 g/mol. The van der Waals surface area contributed by atoms with Crippen LogP contribution >= 0.6 is 0 Å². The van der Waals surface area contributed by atoms with E-state index in [4.69, 9.17) is 4.74 Å². The van der Waals surface area contributed by atoms with Gasteiger partial charge < -0.3 is 15.4 Å². The van der Waals surface area contributed by atoms with E-state index in [9.17, 15) is 9.59 Å². The van der Waals surface area contributed by atoms with E-state index in [0.29, 0.717) is 25.8 Å². The fourth-order valence-electron chi connectivity index (χ4n) is 3.39. The van der Waals surface area contributed by atoms with E-state index in [1.165, 1.54) is 19.3 Å². The lowest BCUT2D eigenvalue weighted by molar-refractivity contribution is -0.131. The van der Waals surface area contributed by atoms with Gasteiger partial charge in [-0.3, -0.25) is 9.59 Å². The van der Waals surface area contributed by atoms with Crippen LogP contribution in [0.3, 0.4) is 0 Å². The maximum atomic E-state index is 12.2. The number of ether oxygens (including phenoxy) is 1. The Hall–Kier alpha value is -1.36. The number of hydrogen-bond donors (Lipinski definition) is 2. The van der Waals surface area contributed by atoms with Crippen LogP contribution in [0.4, 0.5) is 0 Å². The van der Waals surface area contributed by atoms with E-state index in [0.717, 1.165) is 12.8 Å². The molecule has 0 aromatic heterocycles. The Labute approximate surface area is 146 Å². The summed E-state index contributed by atoms with van der Waals surface area (Å²) in [6.07, 6.45) is 9.20. The van der Waals surface area contributed by atoms with Crippen LogP contribution in [0.25, 0.3) is 0 Å². The summed E-state index contributed by atoms with van der Waals surface area (Å²) in [4.78, 5) is 24.1. The third-order valence-electron chi connectivity index (χ3n) is 5.03. The summed E-state index contributed by atoms with van der Waals surface area (Å²) in [6.45, 7) is 8.37. The first kappa shape index (κ1) is 20.7. The first-order valence-corrected chi connectivity index (χ1v) is 9.20. The highest BCUT2D eigenvalue weighted by Crippen LogP contribution is 2.40. The predicted octanol–water partition coefficient (Wildman–Crippen LogP) is 2.95. The molecule has 2 N–H and O–H groups in total. The third kappa shape index (κ3) is 6.63. The van der Waals surface area contributed by atoms with Crippen LogP contribution in [-0.4, -0.2) is 37.6 Å². The lowest BCUT2D eigenvalue weighted by Crippen LogP contribution is -2.42. The summed E-state index contributed by atoms with van der Waals surface area (Å²) in [6, 6.07) is 0.00467. The standard InChI is InChI=1S/C19H34N2O3/c1-5-16(24-4)18(23)21-15(3)10-13-20-17(22)14-19(6-2)11-8-7-9-12-19/h6,15-16H,2,5,7-14H2,1,3-4H3,(H,20,22)(H,21,23)/t15-,16?/m0/s1. The van der Waals surface area contributed by atoms with Crippen molar-refractivity contribution in [3.8, 4) is 0 Å². The van der Waals surface area contributed by atoms with Gasteiger partial charge in [0.25, 0.3) is 0 Å². The van der Waals surface area contributed by atoms with E-state index < -0.39 is 6.10 Å². The summed E-state index contributed by atoms with van der Waals surface area (Å²) in [7, 11) is 1.54.